The number of aromatic amines is 1. The highest BCUT2D eigenvalue weighted by Gasteiger charge is 2.37. The zero-order valence-electron chi connectivity index (χ0n) is 15.4. The molecule has 140 valence electrons. The predicted octanol–water partition coefficient (Wildman–Crippen LogP) is 3.62. The van der Waals surface area contributed by atoms with E-state index in [1.54, 1.807) is 24.2 Å². The lowest BCUT2D eigenvalue weighted by molar-refractivity contribution is -0.116. The van der Waals surface area contributed by atoms with E-state index in [-0.39, 0.29) is 11.3 Å². The summed E-state index contributed by atoms with van der Waals surface area (Å²) in [6.07, 6.45) is 6.53. The Hall–Kier alpha value is -2.41. The molecule has 27 heavy (non-hydrogen) atoms. The van der Waals surface area contributed by atoms with Crippen molar-refractivity contribution in [3.05, 3.63) is 57.3 Å². The Balaban J connectivity index is 1.88. The first-order valence-electron chi connectivity index (χ1n) is 9.32. The smallest absolute Gasteiger partial charge is 0.257 e. The van der Waals surface area contributed by atoms with Gasteiger partial charge in [0, 0.05) is 41.3 Å². The van der Waals surface area contributed by atoms with Crippen LogP contribution in [0.1, 0.15) is 56.6 Å². The van der Waals surface area contributed by atoms with Crippen molar-refractivity contribution in [2.24, 2.45) is 0 Å². The van der Waals surface area contributed by atoms with Crippen molar-refractivity contribution in [2.45, 2.75) is 55.9 Å². The van der Waals surface area contributed by atoms with E-state index in [1.165, 1.54) is 0 Å². The summed E-state index contributed by atoms with van der Waals surface area (Å²) in [6.45, 7) is 4.21. The van der Waals surface area contributed by atoms with Crippen LogP contribution in [0.4, 0.5) is 5.82 Å². The van der Waals surface area contributed by atoms with E-state index in [4.69, 9.17) is 0 Å². The minimum absolute atomic E-state index is 0.0979. The van der Waals surface area contributed by atoms with Crippen molar-refractivity contribution < 1.29 is 4.79 Å². The molecule has 1 aliphatic carbocycles. The summed E-state index contributed by atoms with van der Waals surface area (Å²) in [6, 6.07) is 3.75. The summed E-state index contributed by atoms with van der Waals surface area (Å²) in [5, 5.41) is 4.26. The monoisotopic (exact) mass is 382 g/mol. The number of H-pyrrole nitrogens is 1. The van der Waals surface area contributed by atoms with E-state index in [9.17, 15) is 9.59 Å². The molecule has 2 N–H and O–H groups in total. The number of aromatic nitrogens is 3. The number of pyridine rings is 1. The van der Waals surface area contributed by atoms with Gasteiger partial charge in [-0.2, -0.15) is 0 Å². The van der Waals surface area contributed by atoms with Gasteiger partial charge in [-0.15, -0.1) is 0 Å². The topological polar surface area (TPSA) is 87.7 Å². The molecule has 2 atom stereocenters. The zero-order chi connectivity index (χ0) is 19.0. The number of Topliss-reactive ketones (excluding diaryl/α,β-unsaturated/α-hetero) is 1. The highest BCUT2D eigenvalue weighted by atomic mass is 32.2. The van der Waals surface area contributed by atoms with Crippen LogP contribution in [0.5, 0.6) is 0 Å². The SMILES string of the molecule is CCC(C)Sc1nc2c(c(=O)[nH]1)C(c1cccnc1)C1=C(CCCC1=O)N2. The third kappa shape index (κ3) is 3.32. The van der Waals surface area contributed by atoms with Gasteiger partial charge in [-0.3, -0.25) is 14.6 Å². The second-order valence-electron chi connectivity index (χ2n) is 6.98. The number of nitrogens with zero attached hydrogens (tertiary/aromatic N) is 2. The van der Waals surface area contributed by atoms with Crippen molar-refractivity contribution in [3.8, 4) is 0 Å². The van der Waals surface area contributed by atoms with Crippen LogP contribution in [0, 0.1) is 0 Å². The summed E-state index contributed by atoms with van der Waals surface area (Å²) in [5.74, 6) is 0.240. The van der Waals surface area contributed by atoms with Crippen molar-refractivity contribution in [2.75, 3.05) is 5.32 Å². The van der Waals surface area contributed by atoms with Crippen LogP contribution in [-0.2, 0) is 4.79 Å². The molecule has 3 heterocycles. The summed E-state index contributed by atoms with van der Waals surface area (Å²) < 4.78 is 0. The van der Waals surface area contributed by atoms with E-state index >= 15 is 0 Å². The van der Waals surface area contributed by atoms with Gasteiger partial charge in [0.05, 0.1) is 5.56 Å². The van der Waals surface area contributed by atoms with Gasteiger partial charge in [0.25, 0.3) is 5.56 Å². The molecular formula is C20H22N4O2S. The van der Waals surface area contributed by atoms with E-state index in [1.807, 2.05) is 12.1 Å². The Bertz CT molecular complexity index is 968. The molecule has 1 aliphatic heterocycles. The van der Waals surface area contributed by atoms with Crippen LogP contribution in [0.2, 0.25) is 0 Å². The summed E-state index contributed by atoms with van der Waals surface area (Å²) >= 11 is 1.56. The second kappa shape index (κ2) is 7.31. The zero-order valence-corrected chi connectivity index (χ0v) is 16.2. The summed E-state index contributed by atoms with van der Waals surface area (Å²) in [5.41, 5.74) is 2.74. The molecule has 7 heteroatoms. The molecule has 0 fully saturated rings. The molecule has 2 aromatic heterocycles. The van der Waals surface area contributed by atoms with Crippen molar-refractivity contribution in [1.29, 1.82) is 0 Å². The number of nitrogens with one attached hydrogen (secondary N) is 2. The fourth-order valence-electron chi connectivity index (χ4n) is 3.65. The third-order valence-electron chi connectivity index (χ3n) is 5.14. The van der Waals surface area contributed by atoms with E-state index in [0.717, 1.165) is 30.5 Å². The normalized spacial score (nSPS) is 19.9. The fourth-order valence-corrected chi connectivity index (χ4v) is 4.49. The summed E-state index contributed by atoms with van der Waals surface area (Å²) in [7, 11) is 0. The standard InChI is InChI=1S/C20H22N4O2S/c1-3-11(2)27-20-23-18-17(19(26)24-20)15(12-6-5-9-21-10-12)16-13(22-18)7-4-8-14(16)25/h5-6,9-11,15H,3-4,7-8H2,1-2H3,(H2,22,23,24,26). The minimum Gasteiger partial charge on any atom is -0.343 e. The number of carbonyl (C=O) groups excluding carboxylic acids is 1. The molecule has 2 unspecified atom stereocenters. The van der Waals surface area contributed by atoms with E-state index in [0.29, 0.717) is 33.8 Å². The Kier molecular flexibility index (Phi) is 4.86. The number of allylic oxidation sites excluding steroid dienone is 2. The molecule has 0 bridgehead atoms. The number of anilines is 1. The average Bonchev–Trinajstić information content (AvgIpc) is 2.67. The number of thioether (sulfide) groups is 1. The van der Waals surface area contributed by atoms with Crippen LogP contribution in [0.25, 0.3) is 0 Å². The van der Waals surface area contributed by atoms with Crippen molar-refractivity contribution >= 4 is 23.4 Å². The Morgan fingerprint density at radius 2 is 2.19 bits per heavy atom. The largest absolute Gasteiger partial charge is 0.343 e. The Labute approximate surface area is 161 Å². The van der Waals surface area contributed by atoms with Crippen LogP contribution >= 0.6 is 11.8 Å². The van der Waals surface area contributed by atoms with Gasteiger partial charge in [-0.05, 0) is 30.9 Å². The highest BCUT2D eigenvalue weighted by Crippen LogP contribution is 2.43. The van der Waals surface area contributed by atoms with E-state index in [2.05, 4.69) is 34.1 Å². The number of hydrogen-bond donors (Lipinski definition) is 2. The number of carbonyl (C=O) groups is 1. The highest BCUT2D eigenvalue weighted by molar-refractivity contribution is 7.99. The van der Waals surface area contributed by atoms with Gasteiger partial charge in [-0.1, -0.05) is 31.7 Å². The maximum absolute atomic E-state index is 13.0. The second-order valence-corrected chi connectivity index (χ2v) is 8.41. The molecule has 0 saturated heterocycles. The molecule has 0 radical (unpaired) electrons. The van der Waals surface area contributed by atoms with Gasteiger partial charge in [-0.25, -0.2) is 4.98 Å². The quantitative estimate of drug-likeness (QED) is 0.620. The molecule has 0 saturated carbocycles. The van der Waals surface area contributed by atoms with Crippen LogP contribution in [-0.4, -0.2) is 26.0 Å². The lowest BCUT2D eigenvalue weighted by Gasteiger charge is -2.32. The number of fused-ring (bicyclic) bond motifs is 1. The molecule has 2 aliphatic rings. The maximum Gasteiger partial charge on any atom is 0.257 e. The van der Waals surface area contributed by atoms with Gasteiger partial charge in [0.15, 0.2) is 10.9 Å². The molecule has 2 aromatic rings. The predicted molar refractivity (Wildman–Crippen MR) is 106 cm³/mol. The number of rotatable bonds is 4. The minimum atomic E-state index is -0.420. The molecule has 4 rings (SSSR count). The first kappa shape index (κ1) is 18.0. The van der Waals surface area contributed by atoms with Crippen LogP contribution in [0.3, 0.4) is 0 Å². The maximum atomic E-state index is 13.0. The molecule has 6 nitrogen and oxygen atoms in total. The van der Waals surface area contributed by atoms with Gasteiger partial charge >= 0.3 is 0 Å². The molecule has 0 amide bonds. The van der Waals surface area contributed by atoms with Crippen molar-refractivity contribution in [3.63, 3.8) is 0 Å². The third-order valence-corrected chi connectivity index (χ3v) is 6.29. The molecular weight excluding hydrogens is 360 g/mol. The molecule has 0 aromatic carbocycles. The first-order chi connectivity index (χ1) is 13.1. The lowest BCUT2D eigenvalue weighted by Crippen LogP contribution is -2.32. The average molecular weight is 382 g/mol. The van der Waals surface area contributed by atoms with Crippen molar-refractivity contribution in [1.82, 2.24) is 15.0 Å². The first-order valence-corrected chi connectivity index (χ1v) is 10.2. The molecule has 0 spiro atoms. The lowest BCUT2D eigenvalue weighted by atomic mass is 9.77. The Morgan fingerprint density at radius 1 is 1.33 bits per heavy atom. The van der Waals surface area contributed by atoms with Crippen LogP contribution < -0.4 is 10.9 Å². The van der Waals surface area contributed by atoms with Gasteiger partial charge in [0.2, 0.25) is 0 Å². The van der Waals surface area contributed by atoms with Gasteiger partial charge < -0.3 is 10.3 Å². The van der Waals surface area contributed by atoms with Gasteiger partial charge in [0.1, 0.15) is 5.82 Å². The number of hydrogen-bond acceptors (Lipinski definition) is 6. The van der Waals surface area contributed by atoms with E-state index < -0.39 is 5.92 Å². The summed E-state index contributed by atoms with van der Waals surface area (Å²) in [4.78, 5) is 37.5. The Morgan fingerprint density at radius 3 is 2.93 bits per heavy atom. The fraction of sp³-hybridized carbons (Fsp3) is 0.400. The van der Waals surface area contributed by atoms with Crippen LogP contribution in [0.15, 0.2) is 45.7 Å². The number of ketones is 1.